The number of carbonyl (C=O) groups is 3. The zero-order valence-corrected chi connectivity index (χ0v) is 18.1. The lowest BCUT2D eigenvalue weighted by Crippen LogP contribution is -2.62. The number of para-hydroxylation sites is 2. The van der Waals surface area contributed by atoms with Gasteiger partial charge in [0.15, 0.2) is 0 Å². The Morgan fingerprint density at radius 3 is 2.27 bits per heavy atom. The van der Waals surface area contributed by atoms with E-state index in [4.69, 9.17) is 4.74 Å². The number of amides is 2. The Bertz CT molecular complexity index is 1350. The fourth-order valence-electron chi connectivity index (χ4n) is 4.66. The molecule has 4 aromatic rings. The maximum atomic E-state index is 12.8. The van der Waals surface area contributed by atoms with Gasteiger partial charge in [-0.05, 0) is 29.7 Å². The number of ether oxygens (including phenoxy) is 1. The fourth-order valence-corrected chi connectivity index (χ4v) is 4.66. The van der Waals surface area contributed by atoms with Crippen LogP contribution in [-0.2, 0) is 32.0 Å². The summed E-state index contributed by atoms with van der Waals surface area (Å²) in [5, 5.41) is 4.83. The summed E-state index contributed by atoms with van der Waals surface area (Å²) in [4.78, 5) is 45.9. The van der Waals surface area contributed by atoms with E-state index in [9.17, 15) is 14.4 Å². The van der Waals surface area contributed by atoms with Gasteiger partial charge >= 0.3 is 17.8 Å². The van der Waals surface area contributed by atoms with Crippen molar-refractivity contribution in [3.63, 3.8) is 0 Å². The van der Waals surface area contributed by atoms with Gasteiger partial charge in [-0.25, -0.2) is 4.79 Å². The van der Waals surface area contributed by atoms with E-state index in [1.807, 2.05) is 60.9 Å². The molecule has 0 saturated carbocycles. The van der Waals surface area contributed by atoms with Gasteiger partial charge in [0.1, 0.15) is 6.04 Å². The number of aromatic nitrogens is 2. The first-order valence-electron chi connectivity index (χ1n) is 10.8. The number of H-pyrrole nitrogens is 2. The molecule has 33 heavy (non-hydrogen) atoms. The lowest BCUT2D eigenvalue weighted by molar-refractivity contribution is -0.159. The van der Waals surface area contributed by atoms with Gasteiger partial charge in [0.2, 0.25) is 0 Å². The number of carbonyl (C=O) groups excluding carboxylic acids is 3. The maximum absolute atomic E-state index is 12.8. The molecule has 3 heterocycles. The SMILES string of the molecule is COC(=O)[C@H](Cc1c[nH]c2ccccc12)N1C[C@H](Cc2c[nH]c3ccccc23)NC(=O)C1=O. The zero-order chi connectivity index (χ0) is 22.9. The van der Waals surface area contributed by atoms with E-state index in [2.05, 4.69) is 15.3 Å². The smallest absolute Gasteiger partial charge is 0.328 e. The van der Waals surface area contributed by atoms with Gasteiger partial charge in [0, 0.05) is 47.2 Å². The summed E-state index contributed by atoms with van der Waals surface area (Å²) in [6.45, 7) is 0.214. The van der Waals surface area contributed by atoms with Crippen molar-refractivity contribution in [2.45, 2.75) is 24.9 Å². The number of hydrogen-bond donors (Lipinski definition) is 3. The van der Waals surface area contributed by atoms with Crippen LogP contribution in [0.2, 0.25) is 0 Å². The third-order valence-electron chi connectivity index (χ3n) is 6.29. The largest absolute Gasteiger partial charge is 0.467 e. The number of methoxy groups -OCH3 is 1. The molecule has 8 nitrogen and oxygen atoms in total. The van der Waals surface area contributed by atoms with Crippen molar-refractivity contribution in [1.29, 1.82) is 0 Å². The quantitative estimate of drug-likeness (QED) is 0.313. The van der Waals surface area contributed by atoms with E-state index in [0.717, 1.165) is 32.9 Å². The van der Waals surface area contributed by atoms with Crippen LogP contribution in [0.15, 0.2) is 60.9 Å². The van der Waals surface area contributed by atoms with Gasteiger partial charge in [-0.2, -0.15) is 0 Å². The summed E-state index contributed by atoms with van der Waals surface area (Å²) >= 11 is 0. The number of esters is 1. The molecule has 8 heteroatoms. The van der Waals surface area contributed by atoms with Gasteiger partial charge in [-0.3, -0.25) is 9.59 Å². The minimum Gasteiger partial charge on any atom is -0.467 e. The Labute approximate surface area is 189 Å². The van der Waals surface area contributed by atoms with Crippen LogP contribution in [0.1, 0.15) is 11.1 Å². The number of nitrogens with zero attached hydrogens (tertiary/aromatic N) is 1. The van der Waals surface area contributed by atoms with Crippen LogP contribution >= 0.6 is 0 Å². The molecule has 1 aliphatic rings. The highest BCUT2D eigenvalue weighted by molar-refractivity contribution is 6.36. The molecule has 1 saturated heterocycles. The molecule has 0 spiro atoms. The molecular weight excluding hydrogens is 420 g/mol. The molecule has 0 radical (unpaired) electrons. The number of piperazine rings is 1. The first kappa shape index (κ1) is 20.8. The summed E-state index contributed by atoms with van der Waals surface area (Å²) in [6, 6.07) is 14.4. The second-order valence-electron chi connectivity index (χ2n) is 8.29. The van der Waals surface area contributed by atoms with Gasteiger partial charge in [0.25, 0.3) is 0 Å². The number of rotatable bonds is 6. The maximum Gasteiger partial charge on any atom is 0.328 e. The van der Waals surface area contributed by atoms with Crippen molar-refractivity contribution in [2.75, 3.05) is 13.7 Å². The van der Waals surface area contributed by atoms with Crippen LogP contribution in [0, 0.1) is 0 Å². The lowest BCUT2D eigenvalue weighted by Gasteiger charge is -2.36. The number of aromatic amines is 2. The molecule has 0 unspecified atom stereocenters. The first-order valence-corrected chi connectivity index (χ1v) is 10.8. The molecule has 2 atom stereocenters. The molecule has 5 rings (SSSR count). The van der Waals surface area contributed by atoms with E-state index >= 15 is 0 Å². The van der Waals surface area contributed by atoms with Crippen molar-refractivity contribution < 1.29 is 19.1 Å². The van der Waals surface area contributed by atoms with E-state index in [0.29, 0.717) is 6.42 Å². The Morgan fingerprint density at radius 2 is 1.61 bits per heavy atom. The van der Waals surface area contributed by atoms with Crippen LogP contribution in [-0.4, -0.2) is 58.4 Å². The van der Waals surface area contributed by atoms with Gasteiger partial charge in [-0.15, -0.1) is 0 Å². The number of fused-ring (bicyclic) bond motifs is 2. The molecular formula is C25H24N4O4. The normalized spacial score (nSPS) is 17.4. The number of hydrogen-bond acceptors (Lipinski definition) is 4. The molecule has 0 bridgehead atoms. The molecule has 1 fully saturated rings. The third kappa shape index (κ3) is 3.84. The third-order valence-corrected chi connectivity index (χ3v) is 6.29. The topological polar surface area (TPSA) is 107 Å². The second-order valence-corrected chi connectivity index (χ2v) is 8.29. The van der Waals surface area contributed by atoms with Crippen LogP contribution in [0.3, 0.4) is 0 Å². The van der Waals surface area contributed by atoms with Crippen LogP contribution in [0.25, 0.3) is 21.8 Å². The predicted octanol–water partition coefficient (Wildman–Crippen LogP) is 2.30. The van der Waals surface area contributed by atoms with Crippen LogP contribution < -0.4 is 5.32 Å². The number of benzene rings is 2. The van der Waals surface area contributed by atoms with Crippen molar-refractivity contribution in [3.8, 4) is 0 Å². The van der Waals surface area contributed by atoms with E-state index in [1.54, 1.807) is 0 Å². The number of nitrogens with one attached hydrogen (secondary N) is 3. The first-order chi connectivity index (χ1) is 16.0. The van der Waals surface area contributed by atoms with E-state index < -0.39 is 23.8 Å². The molecule has 0 aliphatic carbocycles. The highest BCUT2D eigenvalue weighted by Crippen LogP contribution is 2.24. The van der Waals surface area contributed by atoms with Crippen molar-refractivity contribution in [1.82, 2.24) is 20.2 Å². The van der Waals surface area contributed by atoms with Gasteiger partial charge in [-0.1, -0.05) is 36.4 Å². The van der Waals surface area contributed by atoms with Gasteiger partial charge in [0.05, 0.1) is 13.2 Å². The Kier molecular flexibility index (Phi) is 5.34. The van der Waals surface area contributed by atoms with Crippen molar-refractivity contribution in [3.05, 3.63) is 72.1 Å². The van der Waals surface area contributed by atoms with Crippen LogP contribution in [0.4, 0.5) is 0 Å². The summed E-state index contributed by atoms with van der Waals surface area (Å²) in [5.74, 6) is -1.98. The summed E-state index contributed by atoms with van der Waals surface area (Å²) in [5.41, 5.74) is 3.87. The minimum absolute atomic E-state index is 0.214. The standard InChI is InChI=1S/C25H24N4O4/c1-33-25(32)22(11-16-13-27-21-9-5-3-7-19(16)21)29-14-17(28-23(30)24(29)31)10-15-12-26-20-8-4-2-6-18(15)20/h2-9,12-13,17,22,26-27H,10-11,14H2,1H3,(H,28,30)/t17-,22-/m0/s1. The molecule has 2 aromatic heterocycles. The Balaban J connectivity index is 1.42. The summed E-state index contributed by atoms with van der Waals surface area (Å²) < 4.78 is 5.03. The highest BCUT2D eigenvalue weighted by atomic mass is 16.5. The summed E-state index contributed by atoms with van der Waals surface area (Å²) in [7, 11) is 1.29. The molecule has 2 aromatic carbocycles. The fraction of sp³-hybridized carbons (Fsp3) is 0.240. The Morgan fingerprint density at radius 1 is 1.00 bits per heavy atom. The van der Waals surface area contributed by atoms with Crippen LogP contribution in [0.5, 0.6) is 0 Å². The van der Waals surface area contributed by atoms with Gasteiger partial charge < -0.3 is 24.9 Å². The Hall–Kier alpha value is -4.07. The average Bonchev–Trinajstić information content (AvgIpc) is 3.44. The molecule has 168 valence electrons. The minimum atomic E-state index is -0.904. The van der Waals surface area contributed by atoms with E-state index in [1.165, 1.54) is 12.0 Å². The molecule has 3 N–H and O–H groups in total. The van der Waals surface area contributed by atoms with Crippen molar-refractivity contribution >= 4 is 39.6 Å². The molecule has 2 amide bonds. The highest BCUT2D eigenvalue weighted by Gasteiger charge is 2.40. The van der Waals surface area contributed by atoms with E-state index in [-0.39, 0.29) is 19.0 Å². The average molecular weight is 444 g/mol. The second kappa shape index (κ2) is 8.46. The zero-order valence-electron chi connectivity index (χ0n) is 18.1. The lowest BCUT2D eigenvalue weighted by atomic mass is 9.99. The summed E-state index contributed by atoms with van der Waals surface area (Å²) in [6.07, 6.45) is 4.52. The monoisotopic (exact) mass is 444 g/mol. The predicted molar refractivity (Wildman–Crippen MR) is 123 cm³/mol. The van der Waals surface area contributed by atoms with Crippen molar-refractivity contribution in [2.24, 2.45) is 0 Å². The molecule has 1 aliphatic heterocycles.